The summed E-state index contributed by atoms with van der Waals surface area (Å²) in [6, 6.07) is 4.44. The lowest BCUT2D eigenvalue weighted by atomic mass is 9.78. The van der Waals surface area contributed by atoms with Crippen LogP contribution in [-0.2, 0) is 6.18 Å². The second-order valence-corrected chi connectivity index (χ2v) is 8.24. The van der Waals surface area contributed by atoms with E-state index in [2.05, 4.69) is 24.9 Å². The molecule has 7 nitrogen and oxygen atoms in total. The Morgan fingerprint density at radius 1 is 0.903 bits per heavy atom. The molecule has 0 unspecified atom stereocenters. The highest BCUT2D eigenvalue weighted by Crippen LogP contribution is 2.42. The second-order valence-electron chi connectivity index (χ2n) is 8.24. The van der Waals surface area contributed by atoms with E-state index in [9.17, 15) is 13.2 Å². The maximum atomic E-state index is 12.8. The van der Waals surface area contributed by atoms with Crippen molar-refractivity contribution < 1.29 is 13.2 Å². The van der Waals surface area contributed by atoms with Gasteiger partial charge in [-0.15, -0.1) is 0 Å². The highest BCUT2D eigenvalue weighted by molar-refractivity contribution is 5.47. The van der Waals surface area contributed by atoms with E-state index in [0.717, 1.165) is 63.0 Å². The van der Waals surface area contributed by atoms with Crippen molar-refractivity contribution in [2.24, 2.45) is 5.41 Å². The molecule has 2 aliphatic rings. The summed E-state index contributed by atoms with van der Waals surface area (Å²) < 4.78 is 40.0. The molecular formula is C21H22F3N7. The van der Waals surface area contributed by atoms with Gasteiger partial charge in [-0.1, -0.05) is 0 Å². The first kappa shape index (κ1) is 19.8. The van der Waals surface area contributed by atoms with Crippen molar-refractivity contribution in [1.29, 1.82) is 0 Å². The largest absolute Gasteiger partial charge is 0.433 e. The van der Waals surface area contributed by atoms with E-state index in [-0.39, 0.29) is 5.41 Å². The fourth-order valence-electron chi connectivity index (χ4n) is 4.53. The summed E-state index contributed by atoms with van der Waals surface area (Å²) in [4.78, 5) is 17.0. The van der Waals surface area contributed by atoms with Crippen molar-refractivity contribution in [3.63, 3.8) is 0 Å². The second kappa shape index (κ2) is 7.51. The molecule has 5 heterocycles. The molecule has 0 atom stereocenters. The zero-order chi connectivity index (χ0) is 21.5. The predicted molar refractivity (Wildman–Crippen MR) is 109 cm³/mol. The number of piperidine rings is 1. The Kier molecular flexibility index (Phi) is 4.79. The maximum Gasteiger partial charge on any atom is 0.433 e. The average Bonchev–Trinajstić information content (AvgIpc) is 3.45. The normalized spacial score (nSPS) is 18.7. The molecule has 3 aromatic heterocycles. The number of hydrogen-bond donors (Lipinski definition) is 0. The lowest BCUT2D eigenvalue weighted by molar-refractivity contribution is -0.141. The molecule has 0 aliphatic carbocycles. The Balaban J connectivity index is 1.23. The molecule has 0 amide bonds. The quantitative estimate of drug-likeness (QED) is 0.634. The first-order valence-electron chi connectivity index (χ1n) is 10.3. The number of nitrogens with zero attached hydrogens (tertiary/aromatic N) is 7. The molecule has 10 heteroatoms. The van der Waals surface area contributed by atoms with Crippen molar-refractivity contribution in [2.75, 3.05) is 36.0 Å². The summed E-state index contributed by atoms with van der Waals surface area (Å²) in [6.45, 7) is 3.42. The van der Waals surface area contributed by atoms with E-state index in [1.807, 2.05) is 12.3 Å². The Labute approximate surface area is 177 Å². The number of halogens is 3. The van der Waals surface area contributed by atoms with Crippen molar-refractivity contribution in [2.45, 2.75) is 25.4 Å². The molecule has 0 bridgehead atoms. The summed E-state index contributed by atoms with van der Waals surface area (Å²) in [7, 11) is 0. The van der Waals surface area contributed by atoms with Gasteiger partial charge in [0, 0.05) is 38.6 Å². The standard InChI is InChI=1S/C21H22F3N7/c22-21(23,24)17-3-2-16(12-26-17)30-11-6-20(15-30)4-9-29(10-5-20)18-13-25-14-19(28-18)31-8-1-7-27-31/h1-3,7-8,12-14H,4-6,9-11,15H2. The zero-order valence-corrected chi connectivity index (χ0v) is 16.8. The molecule has 0 radical (unpaired) electrons. The van der Waals surface area contributed by atoms with Gasteiger partial charge in [0.05, 0.1) is 24.3 Å². The third-order valence-corrected chi connectivity index (χ3v) is 6.34. The molecular weight excluding hydrogens is 407 g/mol. The van der Waals surface area contributed by atoms with Crippen LogP contribution >= 0.6 is 0 Å². The van der Waals surface area contributed by atoms with Gasteiger partial charge in [0.25, 0.3) is 0 Å². The van der Waals surface area contributed by atoms with Crippen molar-refractivity contribution >= 4 is 11.5 Å². The fourth-order valence-corrected chi connectivity index (χ4v) is 4.53. The van der Waals surface area contributed by atoms with Crippen LogP contribution in [0.4, 0.5) is 24.7 Å². The molecule has 2 fully saturated rings. The van der Waals surface area contributed by atoms with E-state index in [4.69, 9.17) is 4.98 Å². The van der Waals surface area contributed by atoms with Gasteiger partial charge in [-0.25, -0.2) is 14.6 Å². The van der Waals surface area contributed by atoms with Gasteiger partial charge in [0.15, 0.2) is 5.82 Å². The molecule has 31 heavy (non-hydrogen) atoms. The third kappa shape index (κ3) is 3.94. The molecule has 2 aliphatic heterocycles. The fraction of sp³-hybridized carbons (Fsp3) is 0.429. The van der Waals surface area contributed by atoms with Crippen molar-refractivity contribution in [1.82, 2.24) is 24.7 Å². The third-order valence-electron chi connectivity index (χ3n) is 6.34. The van der Waals surface area contributed by atoms with Crippen LogP contribution < -0.4 is 9.80 Å². The summed E-state index contributed by atoms with van der Waals surface area (Å²) >= 11 is 0. The number of rotatable bonds is 3. The van der Waals surface area contributed by atoms with E-state index in [1.54, 1.807) is 23.3 Å². The van der Waals surface area contributed by atoms with Crippen LogP contribution in [0, 0.1) is 5.41 Å². The Hall–Kier alpha value is -3.17. The number of hydrogen-bond acceptors (Lipinski definition) is 6. The van der Waals surface area contributed by atoms with Crippen LogP contribution in [0.2, 0.25) is 0 Å². The van der Waals surface area contributed by atoms with E-state index in [1.165, 1.54) is 12.3 Å². The highest BCUT2D eigenvalue weighted by Gasteiger charge is 2.41. The summed E-state index contributed by atoms with van der Waals surface area (Å²) in [5.74, 6) is 1.52. The van der Waals surface area contributed by atoms with Gasteiger partial charge in [-0.2, -0.15) is 18.3 Å². The maximum absolute atomic E-state index is 12.8. The molecule has 0 aromatic carbocycles. The van der Waals surface area contributed by atoms with Crippen LogP contribution in [0.25, 0.3) is 5.82 Å². The molecule has 0 N–H and O–H groups in total. The van der Waals surface area contributed by atoms with Crippen molar-refractivity contribution in [3.8, 4) is 5.82 Å². The minimum absolute atomic E-state index is 0.173. The predicted octanol–water partition coefficient (Wildman–Crippen LogP) is 3.57. The van der Waals surface area contributed by atoms with E-state index < -0.39 is 11.9 Å². The average molecular weight is 429 g/mol. The first-order chi connectivity index (χ1) is 14.9. The lowest BCUT2D eigenvalue weighted by Gasteiger charge is -2.39. The van der Waals surface area contributed by atoms with Crippen LogP contribution in [0.1, 0.15) is 25.0 Å². The smallest absolute Gasteiger partial charge is 0.370 e. The van der Waals surface area contributed by atoms with E-state index >= 15 is 0 Å². The van der Waals surface area contributed by atoms with Crippen LogP contribution in [0.5, 0.6) is 0 Å². The minimum Gasteiger partial charge on any atom is -0.370 e. The SMILES string of the molecule is FC(F)(F)c1ccc(N2CCC3(CCN(c4cncc(-n5cccn5)n4)CC3)C2)cn1. The van der Waals surface area contributed by atoms with Crippen LogP contribution in [0.15, 0.2) is 49.2 Å². The number of aromatic nitrogens is 5. The summed E-state index contributed by atoms with van der Waals surface area (Å²) in [5.41, 5.74) is 0.0775. The van der Waals surface area contributed by atoms with E-state index in [0.29, 0.717) is 5.82 Å². The van der Waals surface area contributed by atoms with Gasteiger partial charge < -0.3 is 9.80 Å². The topological polar surface area (TPSA) is 63.0 Å². The monoisotopic (exact) mass is 429 g/mol. The van der Waals surface area contributed by atoms with Crippen LogP contribution in [0.3, 0.4) is 0 Å². The minimum atomic E-state index is -4.41. The molecule has 3 aromatic rings. The Bertz CT molecular complexity index is 1030. The number of pyridine rings is 1. The Morgan fingerprint density at radius 3 is 2.29 bits per heavy atom. The van der Waals surface area contributed by atoms with Crippen molar-refractivity contribution in [3.05, 3.63) is 54.9 Å². The molecule has 5 rings (SSSR count). The first-order valence-corrected chi connectivity index (χ1v) is 10.3. The molecule has 2 saturated heterocycles. The van der Waals surface area contributed by atoms with Gasteiger partial charge in [0.1, 0.15) is 11.5 Å². The summed E-state index contributed by atoms with van der Waals surface area (Å²) in [5, 5.41) is 4.21. The molecule has 0 saturated carbocycles. The molecule has 1 spiro atoms. The van der Waals surface area contributed by atoms with Gasteiger partial charge in [-0.05, 0) is 42.9 Å². The van der Waals surface area contributed by atoms with Gasteiger partial charge in [-0.3, -0.25) is 4.98 Å². The van der Waals surface area contributed by atoms with Crippen LogP contribution in [-0.4, -0.2) is 50.9 Å². The Morgan fingerprint density at radius 2 is 1.65 bits per heavy atom. The van der Waals surface area contributed by atoms with Gasteiger partial charge >= 0.3 is 6.18 Å². The number of alkyl halides is 3. The zero-order valence-electron chi connectivity index (χ0n) is 16.8. The molecule has 162 valence electrons. The number of anilines is 2. The lowest BCUT2D eigenvalue weighted by Crippen LogP contribution is -2.42. The van der Waals surface area contributed by atoms with Gasteiger partial charge in [0.2, 0.25) is 0 Å². The summed E-state index contributed by atoms with van der Waals surface area (Å²) in [6.07, 6.45) is 6.98. The highest BCUT2D eigenvalue weighted by atomic mass is 19.4.